The topological polar surface area (TPSA) is 81.2 Å². The summed E-state index contributed by atoms with van der Waals surface area (Å²) in [5, 5.41) is 9.81. The van der Waals surface area contributed by atoms with Crippen LogP contribution in [0.2, 0.25) is 0 Å². The zero-order valence-electron chi connectivity index (χ0n) is 17.4. The summed E-state index contributed by atoms with van der Waals surface area (Å²) < 4.78 is 12.6. The molecule has 3 aromatic carbocycles. The number of rotatable bonds is 6. The molecule has 6 heteroatoms. The summed E-state index contributed by atoms with van der Waals surface area (Å²) in [5.41, 5.74) is 10.7. The smallest absolute Gasteiger partial charge is 0.161 e. The van der Waals surface area contributed by atoms with Crippen molar-refractivity contribution in [3.63, 3.8) is 0 Å². The van der Waals surface area contributed by atoms with E-state index < -0.39 is 0 Å². The van der Waals surface area contributed by atoms with Crippen LogP contribution in [0.1, 0.15) is 11.1 Å². The van der Waals surface area contributed by atoms with E-state index in [0.717, 1.165) is 26.7 Å². The molecule has 0 aliphatic rings. The first-order chi connectivity index (χ1) is 15.6. The molecule has 5 nitrogen and oxygen atoms in total. The molecule has 0 aliphatic heterocycles. The maximum absolute atomic E-state index is 9.81. The van der Waals surface area contributed by atoms with Crippen LogP contribution in [0.5, 0.6) is 11.5 Å². The van der Waals surface area contributed by atoms with E-state index in [2.05, 4.69) is 27.0 Å². The van der Waals surface area contributed by atoms with Crippen molar-refractivity contribution in [1.29, 1.82) is 5.26 Å². The molecule has 0 saturated heterocycles. The minimum absolute atomic E-state index is 0.191. The normalized spacial score (nSPS) is 10.4. The Hall–Kier alpha value is -3.82. The fraction of sp³-hybridized carbons (Fsp3) is 0.0769. The predicted octanol–water partition coefficient (Wildman–Crippen LogP) is 6.22. The van der Waals surface area contributed by atoms with Gasteiger partial charge in [-0.15, -0.1) is 0 Å². The molecule has 0 atom stereocenters. The van der Waals surface area contributed by atoms with Crippen molar-refractivity contribution < 1.29 is 9.47 Å². The molecule has 0 unspecified atom stereocenters. The monoisotopic (exact) mass is 485 g/mol. The van der Waals surface area contributed by atoms with Crippen molar-refractivity contribution in [3.05, 3.63) is 94.6 Å². The second-order valence-corrected chi connectivity index (χ2v) is 7.98. The highest BCUT2D eigenvalue weighted by Crippen LogP contribution is 2.40. The van der Waals surface area contributed by atoms with Crippen LogP contribution >= 0.6 is 15.9 Å². The van der Waals surface area contributed by atoms with Gasteiger partial charge in [0.1, 0.15) is 24.1 Å². The van der Waals surface area contributed by atoms with Crippen molar-refractivity contribution in [2.24, 2.45) is 0 Å². The number of anilines is 1. The van der Waals surface area contributed by atoms with Gasteiger partial charge in [-0.25, -0.2) is 4.98 Å². The van der Waals surface area contributed by atoms with Crippen molar-refractivity contribution in [2.75, 3.05) is 12.8 Å². The second-order valence-electron chi connectivity index (χ2n) is 7.07. The lowest BCUT2D eigenvalue weighted by molar-refractivity contribution is 0.284. The molecular weight excluding hydrogens is 466 g/mol. The van der Waals surface area contributed by atoms with Crippen LogP contribution in [0.4, 0.5) is 5.82 Å². The lowest BCUT2D eigenvalue weighted by atomic mass is 9.92. The van der Waals surface area contributed by atoms with E-state index in [1.165, 1.54) is 0 Å². The fourth-order valence-electron chi connectivity index (χ4n) is 3.46. The third-order valence-electron chi connectivity index (χ3n) is 5.06. The SMILES string of the molecule is COc1cc(-c2c(-c3ccccc3)cnc(N)c2C#N)ccc1OCc1ccc(Br)cc1. The highest BCUT2D eigenvalue weighted by Gasteiger charge is 2.18. The summed E-state index contributed by atoms with van der Waals surface area (Å²) in [4.78, 5) is 4.24. The minimum atomic E-state index is 0.191. The van der Waals surface area contributed by atoms with Gasteiger partial charge in [0.2, 0.25) is 0 Å². The summed E-state index contributed by atoms with van der Waals surface area (Å²) in [6, 6.07) is 25.6. The quantitative estimate of drug-likeness (QED) is 0.350. The molecule has 0 fully saturated rings. The number of benzene rings is 3. The van der Waals surface area contributed by atoms with Crippen LogP contribution in [0, 0.1) is 11.3 Å². The van der Waals surface area contributed by atoms with E-state index in [9.17, 15) is 5.26 Å². The summed E-state index contributed by atoms with van der Waals surface area (Å²) in [5.74, 6) is 1.37. The Morgan fingerprint density at radius 1 is 0.969 bits per heavy atom. The molecule has 0 aliphatic carbocycles. The minimum Gasteiger partial charge on any atom is -0.493 e. The van der Waals surface area contributed by atoms with E-state index in [1.807, 2.05) is 72.8 Å². The average molecular weight is 486 g/mol. The van der Waals surface area contributed by atoms with E-state index in [1.54, 1.807) is 13.3 Å². The summed E-state index contributed by atoms with van der Waals surface area (Å²) in [7, 11) is 1.59. The number of methoxy groups -OCH3 is 1. The van der Waals surface area contributed by atoms with E-state index in [0.29, 0.717) is 29.2 Å². The largest absolute Gasteiger partial charge is 0.493 e. The molecule has 0 saturated carbocycles. The van der Waals surface area contributed by atoms with E-state index >= 15 is 0 Å². The summed E-state index contributed by atoms with van der Waals surface area (Å²) in [6.07, 6.45) is 1.70. The van der Waals surface area contributed by atoms with Gasteiger partial charge < -0.3 is 15.2 Å². The number of hydrogen-bond acceptors (Lipinski definition) is 5. The number of nitrogens with zero attached hydrogens (tertiary/aromatic N) is 2. The molecule has 4 aromatic rings. The Balaban J connectivity index is 1.75. The molecule has 0 amide bonds. The molecule has 4 rings (SSSR count). The number of ether oxygens (including phenoxy) is 2. The van der Waals surface area contributed by atoms with Crippen LogP contribution in [0.15, 0.2) is 83.5 Å². The van der Waals surface area contributed by atoms with Crippen molar-refractivity contribution in [2.45, 2.75) is 6.61 Å². The zero-order chi connectivity index (χ0) is 22.5. The predicted molar refractivity (Wildman–Crippen MR) is 129 cm³/mol. The van der Waals surface area contributed by atoms with Crippen LogP contribution < -0.4 is 15.2 Å². The zero-order valence-corrected chi connectivity index (χ0v) is 19.0. The lowest BCUT2D eigenvalue weighted by Crippen LogP contribution is -2.01. The van der Waals surface area contributed by atoms with Gasteiger partial charge in [0.05, 0.1) is 7.11 Å². The maximum atomic E-state index is 9.81. The number of hydrogen-bond donors (Lipinski definition) is 1. The first-order valence-electron chi connectivity index (χ1n) is 9.90. The van der Waals surface area contributed by atoms with E-state index in [4.69, 9.17) is 15.2 Å². The Kier molecular flexibility index (Phi) is 6.39. The highest BCUT2D eigenvalue weighted by atomic mass is 79.9. The Bertz CT molecular complexity index is 1280. The Morgan fingerprint density at radius 3 is 2.41 bits per heavy atom. The fourth-order valence-corrected chi connectivity index (χ4v) is 3.72. The molecule has 1 heterocycles. The van der Waals surface area contributed by atoms with Gasteiger partial charge in [-0.1, -0.05) is 64.5 Å². The first kappa shape index (κ1) is 21.4. The van der Waals surface area contributed by atoms with Crippen LogP contribution in [-0.4, -0.2) is 12.1 Å². The molecule has 0 spiro atoms. The van der Waals surface area contributed by atoms with Gasteiger partial charge >= 0.3 is 0 Å². The molecule has 2 N–H and O–H groups in total. The van der Waals surface area contributed by atoms with Gasteiger partial charge in [0.15, 0.2) is 11.5 Å². The number of aromatic nitrogens is 1. The Morgan fingerprint density at radius 2 is 1.72 bits per heavy atom. The number of nitriles is 1. The van der Waals surface area contributed by atoms with Crippen LogP contribution in [0.25, 0.3) is 22.3 Å². The average Bonchev–Trinajstić information content (AvgIpc) is 2.84. The molecule has 0 radical (unpaired) electrons. The van der Waals surface area contributed by atoms with Crippen molar-refractivity contribution >= 4 is 21.7 Å². The number of halogens is 1. The van der Waals surface area contributed by atoms with Gasteiger partial charge in [0, 0.05) is 21.8 Å². The van der Waals surface area contributed by atoms with Crippen LogP contribution in [0.3, 0.4) is 0 Å². The Labute approximate surface area is 195 Å². The van der Waals surface area contributed by atoms with Crippen molar-refractivity contribution in [1.82, 2.24) is 4.98 Å². The lowest BCUT2D eigenvalue weighted by Gasteiger charge is -2.16. The third-order valence-corrected chi connectivity index (χ3v) is 5.59. The molecule has 0 bridgehead atoms. The molecular formula is C26H20BrN3O2. The van der Waals surface area contributed by atoms with Gasteiger partial charge in [-0.2, -0.15) is 5.26 Å². The molecule has 158 valence electrons. The second kappa shape index (κ2) is 9.54. The summed E-state index contributed by atoms with van der Waals surface area (Å²) in [6.45, 7) is 0.407. The number of pyridine rings is 1. The standard InChI is InChI=1S/C26H20BrN3O2/c1-31-24-13-19(9-12-23(24)32-16-17-7-10-20(27)11-8-17)25-21(14-28)26(29)30-15-22(25)18-5-3-2-4-6-18/h2-13,15H,16H2,1H3,(H2,29,30). The summed E-state index contributed by atoms with van der Waals surface area (Å²) >= 11 is 3.44. The first-order valence-corrected chi connectivity index (χ1v) is 10.7. The third kappa shape index (κ3) is 4.43. The molecule has 1 aromatic heterocycles. The van der Waals surface area contributed by atoms with Gasteiger partial charge in [-0.3, -0.25) is 0 Å². The van der Waals surface area contributed by atoms with Gasteiger partial charge in [-0.05, 0) is 41.0 Å². The van der Waals surface area contributed by atoms with E-state index in [-0.39, 0.29) is 5.82 Å². The number of nitrogens with two attached hydrogens (primary N) is 1. The van der Waals surface area contributed by atoms with Gasteiger partial charge in [0.25, 0.3) is 0 Å². The van der Waals surface area contributed by atoms with Crippen molar-refractivity contribution in [3.8, 4) is 39.8 Å². The maximum Gasteiger partial charge on any atom is 0.161 e. The number of nitrogen functional groups attached to an aromatic ring is 1. The highest BCUT2D eigenvalue weighted by molar-refractivity contribution is 9.10. The molecule has 32 heavy (non-hydrogen) atoms. The van der Waals surface area contributed by atoms with Crippen LogP contribution in [-0.2, 0) is 6.61 Å².